The second kappa shape index (κ2) is 6.45. The van der Waals surface area contributed by atoms with Crippen molar-refractivity contribution < 1.29 is 9.84 Å². The molecule has 4 heteroatoms. The maximum atomic E-state index is 9.12. The van der Waals surface area contributed by atoms with Crippen molar-refractivity contribution in [3.63, 3.8) is 0 Å². The van der Waals surface area contributed by atoms with Crippen molar-refractivity contribution >= 4 is 5.82 Å². The molecule has 0 radical (unpaired) electrons. The lowest BCUT2D eigenvalue weighted by Crippen LogP contribution is -2.21. The fourth-order valence-corrected chi connectivity index (χ4v) is 1.57. The van der Waals surface area contributed by atoms with Crippen LogP contribution in [0.25, 0.3) is 0 Å². The Morgan fingerprint density at radius 2 is 2.19 bits per heavy atom. The molecule has 0 spiro atoms. The van der Waals surface area contributed by atoms with Gasteiger partial charge in [0.15, 0.2) is 0 Å². The molecule has 1 heterocycles. The van der Waals surface area contributed by atoms with Crippen molar-refractivity contribution in [2.45, 2.75) is 20.0 Å². The fraction of sp³-hybridized carbons (Fsp3) is 0.583. The molecule has 0 fully saturated rings. The molecule has 0 aliphatic heterocycles. The number of aliphatic hydroxyl groups is 1. The normalized spacial score (nSPS) is 10.5. The Morgan fingerprint density at radius 3 is 2.81 bits per heavy atom. The zero-order valence-electron chi connectivity index (χ0n) is 10.2. The zero-order chi connectivity index (χ0) is 12.0. The van der Waals surface area contributed by atoms with Crippen LogP contribution in [0.5, 0.6) is 0 Å². The third-order valence-electron chi connectivity index (χ3n) is 2.42. The van der Waals surface area contributed by atoms with E-state index in [4.69, 9.17) is 9.84 Å². The molecule has 0 aliphatic carbocycles. The lowest BCUT2D eigenvalue weighted by molar-refractivity contribution is 0.196. The van der Waals surface area contributed by atoms with Crippen molar-refractivity contribution in [3.8, 4) is 0 Å². The fourth-order valence-electron chi connectivity index (χ4n) is 1.57. The molecular formula is C12H20N2O2. The molecule has 90 valence electrons. The Kier molecular flexibility index (Phi) is 5.22. The van der Waals surface area contributed by atoms with Gasteiger partial charge >= 0.3 is 0 Å². The van der Waals surface area contributed by atoms with Crippen molar-refractivity contribution in [2.24, 2.45) is 0 Å². The summed E-state index contributed by atoms with van der Waals surface area (Å²) in [5.74, 6) is 0.903. The third kappa shape index (κ3) is 3.79. The minimum atomic E-state index is 0.0578. The number of pyridine rings is 1. The maximum Gasteiger partial charge on any atom is 0.128 e. The minimum absolute atomic E-state index is 0.0578. The van der Waals surface area contributed by atoms with Gasteiger partial charge in [-0.05, 0) is 31.0 Å². The van der Waals surface area contributed by atoms with Crippen LogP contribution in [0.2, 0.25) is 0 Å². The number of aryl methyl sites for hydroxylation is 1. The first-order chi connectivity index (χ1) is 7.67. The molecule has 1 N–H and O–H groups in total. The number of hydrogen-bond acceptors (Lipinski definition) is 4. The van der Waals surface area contributed by atoms with Gasteiger partial charge in [-0.25, -0.2) is 4.98 Å². The number of ether oxygens (including phenoxy) is 1. The van der Waals surface area contributed by atoms with Gasteiger partial charge in [-0.15, -0.1) is 0 Å². The molecule has 0 aromatic carbocycles. The topological polar surface area (TPSA) is 45.6 Å². The number of aromatic nitrogens is 1. The molecule has 1 aromatic rings. The molecule has 0 bridgehead atoms. The first-order valence-electron chi connectivity index (χ1n) is 5.46. The van der Waals surface area contributed by atoms with Gasteiger partial charge in [0.05, 0.1) is 6.61 Å². The number of rotatable bonds is 6. The Bertz CT molecular complexity index is 329. The summed E-state index contributed by atoms with van der Waals surface area (Å²) in [5.41, 5.74) is 1.83. The number of nitrogens with zero attached hydrogens (tertiary/aromatic N) is 2. The van der Waals surface area contributed by atoms with Gasteiger partial charge in [0, 0.05) is 33.0 Å². The molecule has 0 unspecified atom stereocenters. The summed E-state index contributed by atoms with van der Waals surface area (Å²) in [6, 6.07) is 3.81. The van der Waals surface area contributed by atoms with Gasteiger partial charge in [-0.2, -0.15) is 0 Å². The minimum Gasteiger partial charge on any atom is -0.392 e. The maximum absolute atomic E-state index is 9.12. The van der Waals surface area contributed by atoms with Crippen LogP contribution < -0.4 is 4.90 Å². The summed E-state index contributed by atoms with van der Waals surface area (Å²) in [4.78, 5) is 6.51. The zero-order valence-corrected chi connectivity index (χ0v) is 10.2. The predicted octanol–water partition coefficient (Wildman–Crippen LogP) is 1.36. The van der Waals surface area contributed by atoms with Gasteiger partial charge in [-0.1, -0.05) is 0 Å². The van der Waals surface area contributed by atoms with Crippen LogP contribution in [0.1, 0.15) is 17.7 Å². The molecular weight excluding hydrogens is 204 g/mol. The third-order valence-corrected chi connectivity index (χ3v) is 2.42. The van der Waals surface area contributed by atoms with Gasteiger partial charge in [0.25, 0.3) is 0 Å². The number of aliphatic hydroxyl groups excluding tert-OH is 1. The van der Waals surface area contributed by atoms with Crippen LogP contribution in [0.4, 0.5) is 5.82 Å². The summed E-state index contributed by atoms with van der Waals surface area (Å²) in [6.45, 7) is 3.64. The quantitative estimate of drug-likeness (QED) is 0.741. The number of hydrogen-bond donors (Lipinski definition) is 1. The first kappa shape index (κ1) is 12.9. The van der Waals surface area contributed by atoms with E-state index in [1.807, 2.05) is 26.1 Å². The predicted molar refractivity (Wildman–Crippen MR) is 64.7 cm³/mol. The van der Waals surface area contributed by atoms with E-state index in [-0.39, 0.29) is 6.61 Å². The van der Waals surface area contributed by atoms with Crippen LogP contribution in [0.3, 0.4) is 0 Å². The molecule has 0 saturated carbocycles. The summed E-state index contributed by atoms with van der Waals surface area (Å²) in [6.07, 6.45) is 0.969. The van der Waals surface area contributed by atoms with E-state index in [9.17, 15) is 0 Å². The highest BCUT2D eigenvalue weighted by Gasteiger charge is 2.04. The lowest BCUT2D eigenvalue weighted by Gasteiger charge is -2.19. The van der Waals surface area contributed by atoms with E-state index in [2.05, 4.69) is 9.88 Å². The average molecular weight is 224 g/mol. The van der Waals surface area contributed by atoms with Crippen molar-refractivity contribution in [3.05, 3.63) is 23.4 Å². The molecule has 4 nitrogen and oxygen atoms in total. The highest BCUT2D eigenvalue weighted by atomic mass is 16.5. The van der Waals surface area contributed by atoms with Gasteiger partial charge < -0.3 is 14.7 Å². The van der Waals surface area contributed by atoms with Crippen molar-refractivity contribution in [2.75, 3.05) is 32.2 Å². The standard InChI is InChI=1S/C12H20N2O2/c1-10-7-11(9-15)8-12(13-10)14(2)5-4-6-16-3/h7-8,15H,4-6,9H2,1-3H3. The number of anilines is 1. The Labute approximate surface area is 96.9 Å². The van der Waals surface area contributed by atoms with Gasteiger partial charge in [0.2, 0.25) is 0 Å². The van der Waals surface area contributed by atoms with Gasteiger partial charge in [0.1, 0.15) is 5.82 Å². The molecule has 0 aliphatic rings. The van der Waals surface area contributed by atoms with Crippen LogP contribution in [-0.4, -0.2) is 37.4 Å². The smallest absolute Gasteiger partial charge is 0.128 e. The highest BCUT2D eigenvalue weighted by molar-refractivity contribution is 5.41. The first-order valence-corrected chi connectivity index (χ1v) is 5.46. The molecule has 1 aromatic heterocycles. The molecule has 0 amide bonds. The largest absolute Gasteiger partial charge is 0.392 e. The second-order valence-corrected chi connectivity index (χ2v) is 3.90. The van der Waals surface area contributed by atoms with Crippen molar-refractivity contribution in [1.29, 1.82) is 0 Å². The van der Waals surface area contributed by atoms with Crippen molar-refractivity contribution in [1.82, 2.24) is 4.98 Å². The molecule has 0 saturated heterocycles. The van der Waals surface area contributed by atoms with Crippen LogP contribution in [-0.2, 0) is 11.3 Å². The molecule has 0 atom stereocenters. The Hall–Kier alpha value is -1.13. The lowest BCUT2D eigenvalue weighted by atomic mass is 10.2. The van der Waals surface area contributed by atoms with E-state index in [1.54, 1.807) is 7.11 Å². The average Bonchev–Trinajstić information content (AvgIpc) is 2.28. The van der Waals surface area contributed by atoms with E-state index in [0.717, 1.165) is 36.6 Å². The summed E-state index contributed by atoms with van der Waals surface area (Å²) < 4.78 is 5.01. The van der Waals surface area contributed by atoms with E-state index in [1.165, 1.54) is 0 Å². The summed E-state index contributed by atoms with van der Waals surface area (Å²) in [7, 11) is 3.70. The van der Waals surface area contributed by atoms with E-state index >= 15 is 0 Å². The van der Waals surface area contributed by atoms with Crippen LogP contribution >= 0.6 is 0 Å². The SMILES string of the molecule is COCCCN(C)c1cc(CO)cc(C)n1. The second-order valence-electron chi connectivity index (χ2n) is 3.90. The Balaban J connectivity index is 2.66. The summed E-state index contributed by atoms with van der Waals surface area (Å²) in [5, 5.41) is 9.12. The Morgan fingerprint density at radius 1 is 1.44 bits per heavy atom. The monoisotopic (exact) mass is 224 g/mol. The number of methoxy groups -OCH3 is 1. The van der Waals surface area contributed by atoms with Crippen LogP contribution in [0.15, 0.2) is 12.1 Å². The van der Waals surface area contributed by atoms with Crippen LogP contribution in [0, 0.1) is 6.92 Å². The molecule has 16 heavy (non-hydrogen) atoms. The highest BCUT2D eigenvalue weighted by Crippen LogP contribution is 2.14. The molecule has 1 rings (SSSR count). The summed E-state index contributed by atoms with van der Waals surface area (Å²) >= 11 is 0. The van der Waals surface area contributed by atoms with Gasteiger partial charge in [-0.3, -0.25) is 0 Å². The van der Waals surface area contributed by atoms with E-state index in [0.29, 0.717) is 0 Å². The van der Waals surface area contributed by atoms with E-state index < -0.39 is 0 Å².